The number of aliphatic carboxylic acids is 2. The van der Waals surface area contributed by atoms with Gasteiger partial charge in [0, 0.05) is 0 Å². The zero-order chi connectivity index (χ0) is 17.6. The molecule has 1 rings (SSSR count). The van der Waals surface area contributed by atoms with E-state index in [1.54, 1.807) is 0 Å². The lowest BCUT2D eigenvalue weighted by Crippen LogP contribution is -2.03. The van der Waals surface area contributed by atoms with Crippen LogP contribution in [0.5, 0.6) is 0 Å². The lowest BCUT2D eigenvalue weighted by molar-refractivity contribution is -0.136. The first-order valence-corrected chi connectivity index (χ1v) is 6.03. The minimum absolute atomic E-state index is 0.568. The Morgan fingerprint density at radius 2 is 0.917 bits per heavy atom. The molecule has 0 saturated heterocycles. The van der Waals surface area contributed by atoms with Gasteiger partial charge in [-0.25, -0.2) is 9.59 Å². The molecule has 0 aliphatic carbocycles. The Morgan fingerprint density at radius 1 is 0.583 bits per heavy atom. The summed E-state index contributed by atoms with van der Waals surface area (Å²) >= 11 is 0. The molecule has 0 aromatic heterocycles. The number of rotatable bonds is 2. The highest BCUT2D eigenvalue weighted by molar-refractivity contribution is 5.84. The minimum atomic E-state index is -1.41. The molecule has 10 nitrogen and oxygen atoms in total. The van der Waals surface area contributed by atoms with Gasteiger partial charge in [0.2, 0.25) is 11.5 Å². The van der Waals surface area contributed by atoms with Gasteiger partial charge in [-0.05, 0) is 0 Å². The van der Waals surface area contributed by atoms with E-state index in [-0.39, 0.29) is 0 Å². The fourth-order valence-corrected chi connectivity index (χ4v) is 0.945. The van der Waals surface area contributed by atoms with Gasteiger partial charge in [-0.15, -0.1) is 0 Å². The Hall–Kier alpha value is -3.82. The molecule has 0 saturated carbocycles. The second kappa shape index (κ2) is 10.8. The minimum Gasteiger partial charge on any atom is -0.475 e. The Morgan fingerprint density at radius 3 is 1.33 bits per heavy atom. The van der Waals surface area contributed by atoms with Gasteiger partial charge in [0.25, 0.3) is 0 Å². The molecule has 0 aromatic carbocycles. The molecule has 2 N–H and O–H groups in total. The summed E-state index contributed by atoms with van der Waals surface area (Å²) in [7, 11) is 0. The lowest BCUT2D eigenvalue weighted by atomic mass is 10.5. The van der Waals surface area contributed by atoms with E-state index in [0.29, 0.717) is 0 Å². The topological polar surface area (TPSA) is 130 Å². The maximum atomic E-state index is 10.9. The molecule has 0 unspecified atom stereocenters. The van der Waals surface area contributed by atoms with Crippen LogP contribution in [0, 0.1) is 0 Å². The van der Waals surface area contributed by atoms with Gasteiger partial charge in [-0.2, -0.15) is 0 Å². The van der Waals surface area contributed by atoms with Gasteiger partial charge in [0.1, 0.15) is 62.6 Å². The summed E-state index contributed by atoms with van der Waals surface area (Å²) in [6, 6.07) is 0. The van der Waals surface area contributed by atoms with Crippen molar-refractivity contribution in [3.63, 3.8) is 0 Å². The van der Waals surface area contributed by atoms with Crippen molar-refractivity contribution < 1.29 is 48.2 Å². The van der Waals surface area contributed by atoms with Crippen LogP contribution in [-0.2, 0) is 38.0 Å². The summed E-state index contributed by atoms with van der Waals surface area (Å²) in [5, 5.41) is 17.7. The molecule has 0 radical (unpaired) electrons. The average molecular weight is 340 g/mol. The molecule has 10 heteroatoms. The third kappa shape index (κ3) is 7.83. The van der Waals surface area contributed by atoms with E-state index in [2.05, 4.69) is 0 Å². The largest absolute Gasteiger partial charge is 0.475 e. The fourth-order valence-electron chi connectivity index (χ4n) is 0.945. The van der Waals surface area contributed by atoms with E-state index in [9.17, 15) is 9.59 Å². The summed E-state index contributed by atoms with van der Waals surface area (Å²) in [5.74, 6) is -3.96. The van der Waals surface area contributed by atoms with Crippen molar-refractivity contribution >= 4 is 11.9 Å². The number of carboxylic acids is 2. The second-order valence-corrected chi connectivity index (χ2v) is 3.44. The van der Waals surface area contributed by atoms with Crippen LogP contribution in [0.3, 0.4) is 0 Å². The zero-order valence-electron chi connectivity index (χ0n) is 11.9. The van der Waals surface area contributed by atoms with Crippen LogP contribution >= 0.6 is 0 Å². The van der Waals surface area contributed by atoms with Crippen LogP contribution in [0.25, 0.3) is 0 Å². The highest BCUT2D eigenvalue weighted by Crippen LogP contribution is 2.03. The normalized spacial score (nSPS) is 15.5. The summed E-state index contributed by atoms with van der Waals surface area (Å²) in [5.41, 5.74) is 0. The van der Waals surface area contributed by atoms with Gasteiger partial charge < -0.3 is 38.6 Å². The molecule has 1 heterocycles. The van der Waals surface area contributed by atoms with Gasteiger partial charge in [0.15, 0.2) is 0 Å². The van der Waals surface area contributed by atoms with Crippen LogP contribution in [-0.4, -0.2) is 22.2 Å². The van der Waals surface area contributed by atoms with Crippen molar-refractivity contribution in [2.24, 2.45) is 0 Å². The van der Waals surface area contributed by atoms with Gasteiger partial charge in [-0.1, -0.05) is 0 Å². The Labute approximate surface area is 135 Å². The summed E-state index contributed by atoms with van der Waals surface area (Å²) in [6.07, 6.45) is 9.62. The molecule has 24 heavy (non-hydrogen) atoms. The van der Waals surface area contributed by atoms with Crippen molar-refractivity contribution in [2.45, 2.75) is 0 Å². The second-order valence-electron chi connectivity index (χ2n) is 3.44. The Bertz CT molecular complexity index is 597. The third-order valence-electron chi connectivity index (χ3n) is 1.86. The van der Waals surface area contributed by atoms with Gasteiger partial charge in [0.05, 0.1) is 0 Å². The van der Waals surface area contributed by atoms with E-state index in [4.69, 9.17) is 38.6 Å². The monoisotopic (exact) mass is 340 g/mol. The maximum Gasteiger partial charge on any atom is 0.375 e. The van der Waals surface area contributed by atoms with Gasteiger partial charge >= 0.3 is 11.9 Å². The molecule has 0 bridgehead atoms. The number of carboxylic acid groups (broad SMARTS) is 2. The zero-order valence-corrected chi connectivity index (χ0v) is 11.9. The summed E-state index contributed by atoms with van der Waals surface area (Å²) < 4.78 is 28.5. The maximum absolute atomic E-state index is 10.9. The average Bonchev–Trinajstić information content (AvgIpc) is 2.54. The highest BCUT2D eigenvalue weighted by Gasteiger charge is 2.09. The smallest absolute Gasteiger partial charge is 0.375 e. The lowest BCUT2D eigenvalue weighted by Gasteiger charge is -2.02. The van der Waals surface area contributed by atoms with Crippen molar-refractivity contribution in [2.75, 3.05) is 0 Å². The SMILES string of the molecule is O=C(O)C1=COC=COC=COC=COC(C(=O)O)=COC=CO1. The Kier molecular flexibility index (Phi) is 8.24. The first-order valence-electron chi connectivity index (χ1n) is 6.03. The van der Waals surface area contributed by atoms with Gasteiger partial charge in [-0.3, -0.25) is 0 Å². The summed E-state index contributed by atoms with van der Waals surface area (Å²) in [6.45, 7) is 0. The number of hydrogen-bond donors (Lipinski definition) is 2. The third-order valence-corrected chi connectivity index (χ3v) is 1.86. The van der Waals surface area contributed by atoms with Crippen LogP contribution in [0.4, 0.5) is 0 Å². The standard InChI is InChI=1S/C14H12O10/c15-13(16)11-9-21-4-3-19-1-2-20-5-7-23-12(14(17)18)10-22-6-8-24-11/h1-10H,(H,15,16)(H,17,18). The number of hydrogen-bond acceptors (Lipinski definition) is 8. The number of carbonyl (C=O) groups is 2. The molecule has 0 atom stereocenters. The quantitative estimate of drug-likeness (QED) is 0.767. The molecule has 1 aliphatic rings. The fraction of sp³-hybridized carbons (Fsp3) is 0. The molecule has 0 aromatic rings. The van der Waals surface area contributed by atoms with E-state index >= 15 is 0 Å². The van der Waals surface area contributed by atoms with Crippen LogP contribution in [0.15, 0.2) is 74.1 Å². The Balaban J connectivity index is 2.84. The van der Waals surface area contributed by atoms with Crippen molar-refractivity contribution in [1.82, 2.24) is 0 Å². The molecule has 0 spiro atoms. The first kappa shape index (κ1) is 18.2. The van der Waals surface area contributed by atoms with Crippen LogP contribution < -0.4 is 0 Å². The van der Waals surface area contributed by atoms with E-state index in [1.165, 1.54) is 0 Å². The van der Waals surface area contributed by atoms with Crippen LogP contribution in [0.2, 0.25) is 0 Å². The highest BCUT2D eigenvalue weighted by atomic mass is 16.6. The predicted molar refractivity (Wildman–Crippen MR) is 74.5 cm³/mol. The van der Waals surface area contributed by atoms with E-state index in [1.807, 2.05) is 0 Å². The predicted octanol–water partition coefficient (Wildman–Crippen LogP) is 1.84. The van der Waals surface area contributed by atoms with Crippen molar-refractivity contribution in [3.05, 3.63) is 74.1 Å². The molecule has 1 aliphatic heterocycles. The number of ether oxygens (including phenoxy) is 6. The molecular weight excluding hydrogens is 328 g/mol. The summed E-state index contributed by atoms with van der Waals surface area (Å²) in [4.78, 5) is 21.7. The van der Waals surface area contributed by atoms with Crippen LogP contribution in [0.1, 0.15) is 0 Å². The molecular formula is C14H12O10. The van der Waals surface area contributed by atoms with E-state index in [0.717, 1.165) is 62.6 Å². The van der Waals surface area contributed by atoms with Crippen molar-refractivity contribution in [1.29, 1.82) is 0 Å². The van der Waals surface area contributed by atoms with Crippen molar-refractivity contribution in [3.8, 4) is 0 Å². The molecule has 128 valence electrons. The van der Waals surface area contributed by atoms with E-state index < -0.39 is 23.5 Å². The molecule has 0 amide bonds. The molecule has 0 fully saturated rings. The first-order chi connectivity index (χ1) is 11.6.